The highest BCUT2D eigenvalue weighted by molar-refractivity contribution is 7.99. The zero-order valence-corrected chi connectivity index (χ0v) is 13.0. The third kappa shape index (κ3) is 4.79. The smallest absolute Gasteiger partial charge is 0.233 e. The molecule has 0 saturated carbocycles. The van der Waals surface area contributed by atoms with Gasteiger partial charge in [-0.1, -0.05) is 30.0 Å². The molecule has 2 aromatic rings. The largest absolute Gasteiger partial charge is 0.497 e. The number of aromatic nitrogens is 1. The van der Waals surface area contributed by atoms with Crippen LogP contribution in [0, 0.1) is 0 Å². The molecule has 1 amide bonds. The number of hydrogen-bond donors (Lipinski definition) is 0. The van der Waals surface area contributed by atoms with Crippen molar-refractivity contribution in [2.75, 3.05) is 19.9 Å². The van der Waals surface area contributed by atoms with Crippen molar-refractivity contribution in [2.24, 2.45) is 0 Å². The van der Waals surface area contributed by atoms with Crippen molar-refractivity contribution in [2.45, 2.75) is 11.6 Å². The molecule has 21 heavy (non-hydrogen) atoms. The van der Waals surface area contributed by atoms with Crippen molar-refractivity contribution in [3.8, 4) is 5.75 Å². The second-order valence-corrected chi connectivity index (χ2v) is 5.55. The first-order chi connectivity index (χ1) is 10.2. The van der Waals surface area contributed by atoms with Gasteiger partial charge in [-0.05, 0) is 29.8 Å². The van der Waals surface area contributed by atoms with Crippen LogP contribution in [0.2, 0.25) is 0 Å². The van der Waals surface area contributed by atoms with E-state index >= 15 is 0 Å². The Balaban J connectivity index is 1.87. The van der Waals surface area contributed by atoms with Crippen molar-refractivity contribution < 1.29 is 9.53 Å². The van der Waals surface area contributed by atoms with E-state index in [0.717, 1.165) is 16.3 Å². The number of hydrogen-bond acceptors (Lipinski definition) is 4. The molecular weight excluding hydrogens is 284 g/mol. The van der Waals surface area contributed by atoms with Crippen molar-refractivity contribution in [1.82, 2.24) is 9.88 Å². The maximum Gasteiger partial charge on any atom is 0.233 e. The molecule has 0 spiro atoms. The van der Waals surface area contributed by atoms with Gasteiger partial charge in [0.15, 0.2) is 0 Å². The number of carbonyl (C=O) groups is 1. The Morgan fingerprint density at radius 3 is 2.86 bits per heavy atom. The lowest BCUT2D eigenvalue weighted by Crippen LogP contribution is -2.27. The van der Waals surface area contributed by atoms with E-state index in [-0.39, 0.29) is 5.91 Å². The van der Waals surface area contributed by atoms with Crippen LogP contribution in [0.5, 0.6) is 5.75 Å². The number of pyridine rings is 1. The summed E-state index contributed by atoms with van der Waals surface area (Å²) in [4.78, 5) is 18.0. The fourth-order valence-electron chi connectivity index (χ4n) is 1.81. The number of rotatable bonds is 6. The zero-order valence-electron chi connectivity index (χ0n) is 12.2. The van der Waals surface area contributed by atoms with E-state index in [1.807, 2.05) is 42.5 Å². The third-order valence-corrected chi connectivity index (χ3v) is 3.89. The van der Waals surface area contributed by atoms with Gasteiger partial charge in [0.25, 0.3) is 0 Å². The Kier molecular flexibility index (Phi) is 5.63. The van der Waals surface area contributed by atoms with Gasteiger partial charge in [0, 0.05) is 19.8 Å². The standard InChI is InChI=1S/C16H18N2O2S/c1-18(11-13-6-5-7-14(10-13)20-2)16(19)12-21-15-8-3-4-9-17-15/h3-10H,11-12H2,1-2H3. The predicted octanol–water partition coefficient (Wildman–Crippen LogP) is 2.84. The lowest BCUT2D eigenvalue weighted by molar-refractivity contribution is -0.127. The van der Waals surface area contributed by atoms with Crippen molar-refractivity contribution in [3.05, 3.63) is 54.2 Å². The van der Waals surface area contributed by atoms with Gasteiger partial charge in [-0.25, -0.2) is 4.98 Å². The first kappa shape index (κ1) is 15.4. The van der Waals surface area contributed by atoms with E-state index in [1.54, 1.807) is 25.3 Å². The topological polar surface area (TPSA) is 42.4 Å². The van der Waals surface area contributed by atoms with E-state index in [2.05, 4.69) is 4.98 Å². The predicted molar refractivity (Wildman–Crippen MR) is 84.4 cm³/mol. The molecule has 1 aromatic heterocycles. The summed E-state index contributed by atoms with van der Waals surface area (Å²) in [5.41, 5.74) is 1.05. The molecule has 0 aliphatic rings. The summed E-state index contributed by atoms with van der Waals surface area (Å²) in [5.74, 6) is 1.27. The number of thioether (sulfide) groups is 1. The Morgan fingerprint density at radius 2 is 2.14 bits per heavy atom. The highest BCUT2D eigenvalue weighted by Crippen LogP contribution is 2.16. The highest BCUT2D eigenvalue weighted by atomic mass is 32.2. The molecule has 0 aliphatic heterocycles. The SMILES string of the molecule is COc1cccc(CN(C)C(=O)CSc2ccccn2)c1. The minimum atomic E-state index is 0.0773. The van der Waals surface area contributed by atoms with Crippen LogP contribution in [-0.4, -0.2) is 35.7 Å². The Morgan fingerprint density at radius 1 is 1.29 bits per heavy atom. The number of methoxy groups -OCH3 is 1. The van der Waals surface area contributed by atoms with Gasteiger partial charge in [0.2, 0.25) is 5.91 Å². The summed E-state index contributed by atoms with van der Waals surface area (Å²) in [6.07, 6.45) is 1.73. The third-order valence-electron chi connectivity index (χ3n) is 2.96. The summed E-state index contributed by atoms with van der Waals surface area (Å²) >= 11 is 1.45. The Bertz CT molecular complexity index is 590. The van der Waals surface area contributed by atoms with Gasteiger partial charge >= 0.3 is 0 Å². The first-order valence-corrected chi connectivity index (χ1v) is 7.58. The molecule has 110 valence electrons. The number of nitrogens with zero attached hydrogens (tertiary/aromatic N) is 2. The summed E-state index contributed by atoms with van der Waals surface area (Å²) in [5, 5.41) is 0.862. The Labute approximate surface area is 129 Å². The van der Waals surface area contributed by atoms with Gasteiger partial charge in [0.05, 0.1) is 17.9 Å². The van der Waals surface area contributed by atoms with Crippen molar-refractivity contribution >= 4 is 17.7 Å². The number of carbonyl (C=O) groups excluding carboxylic acids is 1. The van der Waals surface area contributed by atoms with Gasteiger partial charge in [0.1, 0.15) is 5.75 Å². The lowest BCUT2D eigenvalue weighted by Gasteiger charge is -2.17. The fraction of sp³-hybridized carbons (Fsp3) is 0.250. The first-order valence-electron chi connectivity index (χ1n) is 6.60. The van der Waals surface area contributed by atoms with Crippen LogP contribution in [0.3, 0.4) is 0 Å². The molecule has 0 N–H and O–H groups in total. The summed E-state index contributed by atoms with van der Waals surface area (Å²) in [6, 6.07) is 13.4. The van der Waals surface area contributed by atoms with Gasteiger partial charge in [-0.15, -0.1) is 0 Å². The minimum absolute atomic E-state index is 0.0773. The van der Waals surface area contributed by atoms with E-state index in [4.69, 9.17) is 4.74 Å². The molecule has 0 bridgehead atoms. The fourth-order valence-corrected chi connectivity index (χ4v) is 2.61. The molecule has 4 nitrogen and oxygen atoms in total. The Hall–Kier alpha value is -2.01. The highest BCUT2D eigenvalue weighted by Gasteiger charge is 2.10. The van der Waals surface area contributed by atoms with Crippen LogP contribution in [0.15, 0.2) is 53.7 Å². The van der Waals surface area contributed by atoms with Crippen LogP contribution in [0.1, 0.15) is 5.56 Å². The van der Waals surface area contributed by atoms with E-state index < -0.39 is 0 Å². The van der Waals surface area contributed by atoms with Gasteiger partial charge in [-0.2, -0.15) is 0 Å². The number of amides is 1. The molecule has 0 fully saturated rings. The van der Waals surface area contributed by atoms with Crippen LogP contribution < -0.4 is 4.74 Å². The average Bonchev–Trinajstić information content (AvgIpc) is 2.53. The molecule has 2 rings (SSSR count). The monoisotopic (exact) mass is 302 g/mol. The second kappa shape index (κ2) is 7.69. The molecule has 1 aromatic carbocycles. The van der Waals surface area contributed by atoms with E-state index in [1.165, 1.54) is 11.8 Å². The van der Waals surface area contributed by atoms with Crippen molar-refractivity contribution in [3.63, 3.8) is 0 Å². The molecule has 0 saturated heterocycles. The van der Waals surface area contributed by atoms with Gasteiger partial charge in [-0.3, -0.25) is 4.79 Å². The molecule has 1 heterocycles. The van der Waals surface area contributed by atoms with E-state index in [9.17, 15) is 4.79 Å². The molecule has 0 aliphatic carbocycles. The number of ether oxygens (including phenoxy) is 1. The molecule has 0 radical (unpaired) electrons. The molecule has 0 atom stereocenters. The van der Waals surface area contributed by atoms with Crippen molar-refractivity contribution in [1.29, 1.82) is 0 Å². The molecule has 5 heteroatoms. The normalized spacial score (nSPS) is 10.2. The lowest BCUT2D eigenvalue weighted by atomic mass is 10.2. The van der Waals surface area contributed by atoms with Gasteiger partial charge < -0.3 is 9.64 Å². The maximum atomic E-state index is 12.1. The van der Waals surface area contributed by atoms with Crippen LogP contribution in [0.25, 0.3) is 0 Å². The second-order valence-electron chi connectivity index (χ2n) is 4.56. The summed E-state index contributed by atoms with van der Waals surface area (Å²) in [6.45, 7) is 0.568. The zero-order chi connectivity index (χ0) is 15.1. The quantitative estimate of drug-likeness (QED) is 0.770. The summed E-state index contributed by atoms with van der Waals surface area (Å²) in [7, 11) is 3.44. The molecular formula is C16H18N2O2S. The van der Waals surface area contributed by atoms with Crippen LogP contribution >= 0.6 is 11.8 Å². The van der Waals surface area contributed by atoms with Crippen LogP contribution in [-0.2, 0) is 11.3 Å². The average molecular weight is 302 g/mol. The number of benzene rings is 1. The van der Waals surface area contributed by atoms with Crippen LogP contribution in [0.4, 0.5) is 0 Å². The summed E-state index contributed by atoms with van der Waals surface area (Å²) < 4.78 is 5.19. The minimum Gasteiger partial charge on any atom is -0.497 e. The van der Waals surface area contributed by atoms with E-state index in [0.29, 0.717) is 12.3 Å². The maximum absolute atomic E-state index is 12.1. The molecule has 0 unspecified atom stereocenters.